The van der Waals surface area contributed by atoms with Gasteiger partial charge in [-0.2, -0.15) is 0 Å². The summed E-state index contributed by atoms with van der Waals surface area (Å²) in [7, 11) is -3.15. The summed E-state index contributed by atoms with van der Waals surface area (Å²) in [5.74, 6) is 1.21. The van der Waals surface area contributed by atoms with Crippen LogP contribution in [0.25, 0.3) is 0 Å². The molecule has 0 unspecified atom stereocenters. The Morgan fingerprint density at radius 3 is 2.50 bits per heavy atom. The van der Waals surface area contributed by atoms with E-state index in [1.807, 2.05) is 11.8 Å². The van der Waals surface area contributed by atoms with Crippen molar-refractivity contribution in [2.75, 3.05) is 31.9 Å². The van der Waals surface area contributed by atoms with E-state index in [9.17, 15) is 13.2 Å². The molecule has 0 aromatic carbocycles. The lowest BCUT2D eigenvalue weighted by molar-refractivity contribution is -0.129. The zero-order valence-corrected chi connectivity index (χ0v) is 16.2. The van der Waals surface area contributed by atoms with Crippen LogP contribution in [0, 0.1) is 0 Å². The Hall–Kier alpha value is -1.48. The maximum atomic E-state index is 12.3. The van der Waals surface area contributed by atoms with Gasteiger partial charge in [0.25, 0.3) is 0 Å². The Balaban J connectivity index is 1.52. The zero-order valence-electron chi connectivity index (χ0n) is 15.4. The van der Waals surface area contributed by atoms with E-state index in [4.69, 9.17) is 4.42 Å². The minimum atomic E-state index is -3.15. The minimum absolute atomic E-state index is 0.0366. The fraction of sp³-hybridized carbons (Fsp3) is 0.824. The lowest BCUT2D eigenvalue weighted by Crippen LogP contribution is -2.39. The molecule has 1 aromatic rings. The second kappa shape index (κ2) is 8.47. The third-order valence-electron chi connectivity index (χ3n) is 5.20. The van der Waals surface area contributed by atoms with Crippen LogP contribution >= 0.6 is 0 Å². The predicted molar refractivity (Wildman–Crippen MR) is 96.1 cm³/mol. The van der Waals surface area contributed by atoms with Crippen LogP contribution in [0.15, 0.2) is 4.42 Å². The first kappa shape index (κ1) is 19.3. The lowest BCUT2D eigenvalue weighted by Gasteiger charge is -2.29. The molecule has 3 heterocycles. The van der Waals surface area contributed by atoms with Gasteiger partial charge < -0.3 is 9.32 Å². The summed E-state index contributed by atoms with van der Waals surface area (Å²) in [4.78, 5) is 14.0. The second-order valence-electron chi connectivity index (χ2n) is 7.14. The van der Waals surface area contributed by atoms with Crippen LogP contribution in [-0.2, 0) is 21.2 Å². The maximum absolute atomic E-state index is 12.3. The zero-order chi connectivity index (χ0) is 18.6. The molecule has 1 amide bonds. The topological polar surface area (TPSA) is 96.6 Å². The molecule has 8 nitrogen and oxygen atoms in total. The largest absolute Gasteiger partial charge is 0.424 e. The van der Waals surface area contributed by atoms with Crippen LogP contribution in [-0.4, -0.2) is 65.7 Å². The first-order valence-corrected chi connectivity index (χ1v) is 11.2. The van der Waals surface area contributed by atoms with Crippen molar-refractivity contribution < 1.29 is 17.6 Å². The van der Waals surface area contributed by atoms with E-state index in [1.165, 1.54) is 0 Å². The van der Waals surface area contributed by atoms with Crippen LogP contribution in [0.1, 0.15) is 63.1 Å². The summed E-state index contributed by atoms with van der Waals surface area (Å²) in [5, 5.41) is 8.12. The first-order valence-electron chi connectivity index (χ1n) is 9.57. The molecule has 2 saturated heterocycles. The van der Waals surface area contributed by atoms with Crippen LogP contribution in [0.4, 0.5) is 0 Å². The van der Waals surface area contributed by atoms with Gasteiger partial charge >= 0.3 is 0 Å². The van der Waals surface area contributed by atoms with E-state index in [1.54, 1.807) is 4.31 Å². The number of piperidine rings is 1. The summed E-state index contributed by atoms with van der Waals surface area (Å²) in [6.07, 6.45) is 5.18. The predicted octanol–water partition coefficient (Wildman–Crippen LogP) is 1.54. The monoisotopic (exact) mass is 384 g/mol. The highest BCUT2D eigenvalue weighted by Gasteiger charge is 2.31. The molecule has 3 rings (SSSR count). The van der Waals surface area contributed by atoms with Crippen molar-refractivity contribution in [3.63, 3.8) is 0 Å². The van der Waals surface area contributed by atoms with Gasteiger partial charge in [0.1, 0.15) is 6.42 Å². The molecular formula is C17H28N4O4S. The number of carbonyl (C=O) groups is 1. The molecule has 146 valence electrons. The number of aromatic nitrogens is 2. The molecule has 2 aliphatic rings. The molecule has 0 radical (unpaired) electrons. The smallest absolute Gasteiger partial charge is 0.231 e. The van der Waals surface area contributed by atoms with Crippen molar-refractivity contribution in [3.05, 3.63) is 11.8 Å². The standard InChI is InChI=1S/C17H28N4O4S/c1-2-3-12-26(23,24)21-10-6-14(7-11-21)17-19-18-15(25-17)13-16(22)20-8-4-5-9-20/h14H,2-13H2,1H3. The maximum Gasteiger partial charge on any atom is 0.231 e. The van der Waals surface area contributed by atoms with Gasteiger partial charge in [-0.15, -0.1) is 10.2 Å². The molecule has 9 heteroatoms. The minimum Gasteiger partial charge on any atom is -0.424 e. The second-order valence-corrected chi connectivity index (χ2v) is 9.23. The number of unbranched alkanes of at least 4 members (excludes halogenated alkanes) is 1. The fourth-order valence-electron chi connectivity index (χ4n) is 3.55. The summed E-state index contributed by atoms with van der Waals surface area (Å²) >= 11 is 0. The highest BCUT2D eigenvalue weighted by molar-refractivity contribution is 7.89. The van der Waals surface area contributed by atoms with Crippen molar-refractivity contribution >= 4 is 15.9 Å². The molecule has 26 heavy (non-hydrogen) atoms. The van der Waals surface area contributed by atoms with Gasteiger partial charge in [0.2, 0.25) is 27.7 Å². The third-order valence-corrected chi connectivity index (χ3v) is 7.15. The molecule has 0 saturated carbocycles. The average molecular weight is 385 g/mol. The summed E-state index contributed by atoms with van der Waals surface area (Å²) in [6, 6.07) is 0. The van der Waals surface area contributed by atoms with Gasteiger partial charge in [0.15, 0.2) is 0 Å². The summed E-state index contributed by atoms with van der Waals surface area (Å²) < 4.78 is 31.8. The van der Waals surface area contributed by atoms with Crippen LogP contribution in [0.2, 0.25) is 0 Å². The van der Waals surface area contributed by atoms with Crippen LogP contribution < -0.4 is 0 Å². The van der Waals surface area contributed by atoms with Gasteiger partial charge in [-0.1, -0.05) is 13.3 Å². The molecule has 2 fully saturated rings. The molecule has 0 aliphatic carbocycles. The molecule has 0 atom stereocenters. The van der Waals surface area contributed by atoms with Gasteiger partial charge in [-0.3, -0.25) is 4.79 Å². The van der Waals surface area contributed by atoms with E-state index in [-0.39, 0.29) is 24.0 Å². The quantitative estimate of drug-likeness (QED) is 0.707. The Bertz CT molecular complexity index is 704. The molecule has 0 bridgehead atoms. The number of hydrogen-bond donors (Lipinski definition) is 0. The average Bonchev–Trinajstić information content (AvgIpc) is 3.32. The van der Waals surface area contributed by atoms with Crippen molar-refractivity contribution in [1.29, 1.82) is 0 Å². The Labute approximate surface area is 155 Å². The summed E-state index contributed by atoms with van der Waals surface area (Å²) in [5.41, 5.74) is 0. The first-order chi connectivity index (χ1) is 12.5. The van der Waals surface area contributed by atoms with E-state index in [0.29, 0.717) is 44.1 Å². The van der Waals surface area contributed by atoms with E-state index in [2.05, 4.69) is 10.2 Å². The highest BCUT2D eigenvalue weighted by atomic mass is 32.2. The van der Waals surface area contributed by atoms with Gasteiger partial charge in [0.05, 0.1) is 5.75 Å². The highest BCUT2D eigenvalue weighted by Crippen LogP contribution is 2.28. The molecular weight excluding hydrogens is 356 g/mol. The molecule has 0 spiro atoms. The number of amides is 1. The van der Waals surface area contributed by atoms with Gasteiger partial charge in [-0.05, 0) is 32.1 Å². The van der Waals surface area contributed by atoms with Gasteiger partial charge in [-0.25, -0.2) is 12.7 Å². The number of hydrogen-bond acceptors (Lipinski definition) is 6. The number of carbonyl (C=O) groups excluding carboxylic acids is 1. The molecule has 2 aliphatic heterocycles. The lowest BCUT2D eigenvalue weighted by atomic mass is 9.98. The summed E-state index contributed by atoms with van der Waals surface area (Å²) in [6.45, 7) is 4.58. The van der Waals surface area contributed by atoms with E-state index >= 15 is 0 Å². The Morgan fingerprint density at radius 2 is 1.85 bits per heavy atom. The van der Waals surface area contributed by atoms with E-state index < -0.39 is 10.0 Å². The normalized spacial score (nSPS) is 20.0. The number of nitrogens with zero attached hydrogens (tertiary/aromatic N) is 4. The SMILES string of the molecule is CCCCS(=O)(=O)N1CCC(c2nnc(CC(=O)N3CCCC3)o2)CC1. The van der Waals surface area contributed by atoms with Crippen LogP contribution in [0.5, 0.6) is 0 Å². The molecule has 0 N–H and O–H groups in total. The Kier molecular flexibility index (Phi) is 6.29. The number of likely N-dealkylation sites (tertiary alicyclic amines) is 1. The fourth-order valence-corrected chi connectivity index (χ4v) is 5.23. The number of rotatable bonds is 7. The van der Waals surface area contributed by atoms with Crippen molar-refractivity contribution in [2.45, 2.75) is 57.8 Å². The molecule has 1 aromatic heterocycles. The van der Waals surface area contributed by atoms with Crippen LogP contribution in [0.3, 0.4) is 0 Å². The van der Waals surface area contributed by atoms with Gasteiger partial charge in [0, 0.05) is 32.1 Å². The van der Waals surface area contributed by atoms with E-state index in [0.717, 1.165) is 32.4 Å². The van der Waals surface area contributed by atoms with Crippen molar-refractivity contribution in [1.82, 2.24) is 19.4 Å². The third kappa shape index (κ3) is 4.62. The number of sulfonamides is 1. The van der Waals surface area contributed by atoms with Crippen molar-refractivity contribution in [2.24, 2.45) is 0 Å². The van der Waals surface area contributed by atoms with Crippen molar-refractivity contribution in [3.8, 4) is 0 Å². The Morgan fingerprint density at radius 1 is 1.15 bits per heavy atom.